The van der Waals surface area contributed by atoms with Gasteiger partial charge in [0.05, 0.1) is 0 Å². The first-order valence-electron chi connectivity index (χ1n) is 9.92. The zero-order valence-electron chi connectivity index (χ0n) is 16.9. The highest BCUT2D eigenvalue weighted by Gasteiger charge is 2.57. The van der Waals surface area contributed by atoms with E-state index >= 15 is 0 Å². The third-order valence-corrected chi connectivity index (χ3v) is 7.38. The Morgan fingerprint density at radius 2 is 1.96 bits per heavy atom. The Morgan fingerprint density at radius 1 is 1.28 bits per heavy atom. The van der Waals surface area contributed by atoms with Crippen LogP contribution in [0.4, 0.5) is 0 Å². The monoisotopic (exact) mass is 358 g/mol. The van der Waals surface area contributed by atoms with Crippen LogP contribution < -0.4 is 0 Å². The van der Waals surface area contributed by atoms with Crippen molar-refractivity contribution < 1.29 is 9.22 Å². The van der Waals surface area contributed by atoms with E-state index in [2.05, 4.69) is 58.3 Å². The third kappa shape index (κ3) is 3.81. The maximum atomic E-state index is 12.4. The van der Waals surface area contributed by atoms with E-state index in [0.717, 1.165) is 25.7 Å². The summed E-state index contributed by atoms with van der Waals surface area (Å²) in [6.45, 7) is 13.2. The molecule has 2 nitrogen and oxygen atoms in total. The second-order valence-corrected chi connectivity index (χ2v) is 14.6. The van der Waals surface area contributed by atoms with Crippen molar-refractivity contribution in [3.63, 3.8) is 0 Å². The third-order valence-electron chi connectivity index (χ3n) is 6.25. The first kappa shape index (κ1) is 18.9. The van der Waals surface area contributed by atoms with E-state index in [0.29, 0.717) is 5.78 Å². The molecule has 3 rings (SSSR count). The minimum Gasteiger partial charge on any atom is -0.402 e. The van der Waals surface area contributed by atoms with Gasteiger partial charge in [0.15, 0.2) is 8.32 Å². The molecule has 25 heavy (non-hydrogen) atoms. The van der Waals surface area contributed by atoms with Crippen LogP contribution in [-0.2, 0) is 9.22 Å². The van der Waals surface area contributed by atoms with Crippen LogP contribution >= 0.6 is 0 Å². The molecule has 0 heterocycles. The van der Waals surface area contributed by atoms with E-state index < -0.39 is 8.32 Å². The van der Waals surface area contributed by atoms with Crippen LogP contribution in [0.3, 0.4) is 0 Å². The van der Waals surface area contributed by atoms with Gasteiger partial charge in [-0.3, -0.25) is 4.79 Å². The Labute approximate surface area is 154 Å². The zero-order valence-corrected chi connectivity index (χ0v) is 17.9. The number of hydrogen-bond acceptors (Lipinski definition) is 2. The number of rotatable bonds is 4. The van der Waals surface area contributed by atoms with Crippen molar-refractivity contribution in [2.75, 3.05) is 0 Å². The number of carbonyl (C=O) groups excluding carboxylic acids is 1. The number of carbonyl (C=O) groups is 1. The average Bonchev–Trinajstić information content (AvgIpc) is 3.11. The molecule has 0 aromatic rings. The molecule has 3 aliphatic rings. The van der Waals surface area contributed by atoms with Gasteiger partial charge in [-0.05, 0) is 71.0 Å². The smallest absolute Gasteiger partial charge is 0.185 e. The Kier molecular flexibility index (Phi) is 4.62. The second kappa shape index (κ2) is 6.10. The van der Waals surface area contributed by atoms with Gasteiger partial charge < -0.3 is 4.43 Å². The van der Waals surface area contributed by atoms with Crippen LogP contribution in [0.5, 0.6) is 0 Å². The van der Waals surface area contributed by atoms with Crippen LogP contribution in [0.25, 0.3) is 0 Å². The molecule has 3 heteroatoms. The lowest BCUT2D eigenvalue weighted by molar-refractivity contribution is -0.128. The molecule has 0 spiro atoms. The number of hydrogen-bond donors (Lipinski definition) is 0. The van der Waals surface area contributed by atoms with Crippen LogP contribution in [0.2, 0.25) is 19.6 Å². The molecule has 2 saturated carbocycles. The standard InChI is InChI=1S/C22H34O2Si/c1-20(2,24-25(4,5)6)12-8-14-22(15-16-22)19-11-10-17-18(23)9-7-13-21(17,19)3/h11,17H,7,9-10,13-16H2,1-6H3. The molecule has 0 amide bonds. The Balaban J connectivity index is 1.72. The summed E-state index contributed by atoms with van der Waals surface area (Å²) in [5.74, 6) is 7.61. The highest BCUT2D eigenvalue weighted by molar-refractivity contribution is 6.69. The summed E-state index contributed by atoms with van der Waals surface area (Å²) in [6, 6.07) is 0. The fourth-order valence-corrected chi connectivity index (χ4v) is 6.83. The maximum absolute atomic E-state index is 12.4. The number of Topliss-reactive ketones (excluding diaryl/α,β-unsaturated/α-hetero) is 1. The molecule has 0 saturated heterocycles. The summed E-state index contributed by atoms with van der Waals surface area (Å²) in [6.07, 6.45) is 9.79. The second-order valence-electron chi connectivity index (χ2n) is 10.1. The molecule has 2 atom stereocenters. The predicted molar refractivity (Wildman–Crippen MR) is 106 cm³/mol. The van der Waals surface area contributed by atoms with Crippen LogP contribution in [0.15, 0.2) is 11.6 Å². The van der Waals surface area contributed by atoms with Gasteiger partial charge in [-0.15, -0.1) is 0 Å². The number of ketones is 1. The lowest BCUT2D eigenvalue weighted by Crippen LogP contribution is -2.38. The molecule has 0 aliphatic heterocycles. The quantitative estimate of drug-likeness (QED) is 0.377. The van der Waals surface area contributed by atoms with Crippen LogP contribution in [0, 0.1) is 28.6 Å². The zero-order chi connectivity index (χ0) is 18.5. The predicted octanol–water partition coefficient (Wildman–Crippen LogP) is 5.50. The summed E-state index contributed by atoms with van der Waals surface area (Å²) in [4.78, 5) is 12.4. The van der Waals surface area contributed by atoms with Crippen molar-refractivity contribution in [3.8, 4) is 11.8 Å². The first-order chi connectivity index (χ1) is 11.5. The van der Waals surface area contributed by atoms with Gasteiger partial charge in [-0.1, -0.05) is 30.4 Å². The van der Waals surface area contributed by atoms with E-state index in [1.807, 2.05) is 0 Å². The highest BCUT2D eigenvalue weighted by Crippen LogP contribution is 2.66. The van der Waals surface area contributed by atoms with Crippen molar-refractivity contribution in [2.24, 2.45) is 16.7 Å². The Morgan fingerprint density at radius 3 is 2.56 bits per heavy atom. The van der Waals surface area contributed by atoms with Gasteiger partial charge in [-0.25, -0.2) is 0 Å². The molecule has 138 valence electrons. The van der Waals surface area contributed by atoms with Gasteiger partial charge in [0, 0.05) is 24.2 Å². The lowest BCUT2D eigenvalue weighted by atomic mass is 9.62. The molecular weight excluding hydrogens is 324 g/mol. The van der Waals surface area contributed by atoms with Crippen molar-refractivity contribution in [1.29, 1.82) is 0 Å². The van der Waals surface area contributed by atoms with Gasteiger partial charge in [0.2, 0.25) is 0 Å². The van der Waals surface area contributed by atoms with Gasteiger partial charge in [-0.2, -0.15) is 0 Å². The summed E-state index contributed by atoms with van der Waals surface area (Å²) in [7, 11) is -1.59. The van der Waals surface area contributed by atoms with Gasteiger partial charge in [0.1, 0.15) is 11.4 Å². The largest absolute Gasteiger partial charge is 0.402 e. The molecular formula is C22H34O2Si. The van der Waals surface area contributed by atoms with Crippen molar-refractivity contribution in [2.45, 2.75) is 91.0 Å². The summed E-state index contributed by atoms with van der Waals surface area (Å²) < 4.78 is 6.21. The van der Waals surface area contributed by atoms with E-state index in [4.69, 9.17) is 4.43 Å². The van der Waals surface area contributed by atoms with E-state index in [1.54, 1.807) is 5.57 Å². The van der Waals surface area contributed by atoms with Gasteiger partial charge >= 0.3 is 0 Å². The summed E-state index contributed by atoms with van der Waals surface area (Å²) >= 11 is 0. The van der Waals surface area contributed by atoms with Crippen LogP contribution in [-0.4, -0.2) is 19.7 Å². The lowest BCUT2D eigenvalue weighted by Gasteiger charge is -2.40. The van der Waals surface area contributed by atoms with Crippen molar-refractivity contribution >= 4 is 14.1 Å². The fourth-order valence-electron chi connectivity index (χ4n) is 5.25. The average molecular weight is 359 g/mol. The first-order valence-corrected chi connectivity index (χ1v) is 13.3. The molecule has 0 N–H and O–H groups in total. The number of fused-ring (bicyclic) bond motifs is 1. The summed E-state index contributed by atoms with van der Waals surface area (Å²) in [5, 5.41) is 0. The fraction of sp³-hybridized carbons (Fsp3) is 0.773. The molecule has 0 aromatic heterocycles. The van der Waals surface area contributed by atoms with Crippen molar-refractivity contribution in [3.05, 3.63) is 11.6 Å². The van der Waals surface area contributed by atoms with Gasteiger partial charge in [0.25, 0.3) is 0 Å². The highest BCUT2D eigenvalue weighted by atomic mass is 28.4. The van der Waals surface area contributed by atoms with Crippen LogP contribution in [0.1, 0.15) is 65.7 Å². The van der Waals surface area contributed by atoms with E-state index in [-0.39, 0.29) is 22.3 Å². The Hall–Kier alpha value is -0.853. The summed E-state index contributed by atoms with van der Waals surface area (Å²) in [5.41, 5.74) is 1.57. The normalized spacial score (nSPS) is 31.0. The minimum absolute atomic E-state index is 0.109. The molecule has 0 aromatic carbocycles. The topological polar surface area (TPSA) is 26.3 Å². The minimum atomic E-state index is -1.59. The molecule has 3 aliphatic carbocycles. The van der Waals surface area contributed by atoms with Crippen molar-refractivity contribution in [1.82, 2.24) is 0 Å². The van der Waals surface area contributed by atoms with E-state index in [9.17, 15) is 4.79 Å². The SMILES string of the molecule is CC(C)(C#CCC1(C2=CCC3C(=O)CCCC23C)CC1)O[Si](C)(C)C. The van der Waals surface area contributed by atoms with E-state index in [1.165, 1.54) is 19.3 Å². The molecule has 0 bridgehead atoms. The molecule has 2 fully saturated rings. The maximum Gasteiger partial charge on any atom is 0.185 e. The molecule has 0 radical (unpaired) electrons. The number of allylic oxidation sites excluding steroid dienone is 2. The molecule has 2 unspecified atom stereocenters. The Bertz CT molecular complexity index is 652.